The van der Waals surface area contributed by atoms with Crippen LogP contribution in [0.2, 0.25) is 0 Å². The number of aryl methyl sites for hydroxylation is 1. The third-order valence-electron chi connectivity index (χ3n) is 5.94. The molecule has 6 nitrogen and oxygen atoms in total. The monoisotopic (exact) mass is 443 g/mol. The van der Waals surface area contributed by atoms with Crippen LogP contribution in [0.1, 0.15) is 47.2 Å². The van der Waals surface area contributed by atoms with E-state index in [1.165, 1.54) is 11.1 Å². The molecule has 2 amide bonds. The lowest BCUT2D eigenvalue weighted by atomic mass is 9.87. The largest absolute Gasteiger partial charge is 0.484 e. The molecule has 1 aliphatic rings. The fourth-order valence-electron chi connectivity index (χ4n) is 4.17. The second-order valence-corrected chi connectivity index (χ2v) is 8.29. The third-order valence-corrected chi connectivity index (χ3v) is 5.94. The average molecular weight is 444 g/mol. The molecule has 0 bridgehead atoms. The molecule has 2 heterocycles. The molecule has 0 saturated heterocycles. The molecular formula is C27H29N3O3. The first-order valence-corrected chi connectivity index (χ1v) is 11.3. The number of aromatic nitrogens is 1. The topological polar surface area (TPSA) is 71.5 Å². The Kier molecular flexibility index (Phi) is 7.03. The van der Waals surface area contributed by atoms with Gasteiger partial charge in [0.05, 0.1) is 6.04 Å². The maximum absolute atomic E-state index is 12.8. The summed E-state index contributed by atoms with van der Waals surface area (Å²) < 4.78 is 5.82. The minimum atomic E-state index is -0.200. The van der Waals surface area contributed by atoms with E-state index in [-0.39, 0.29) is 24.5 Å². The van der Waals surface area contributed by atoms with E-state index in [0.717, 1.165) is 23.1 Å². The molecule has 2 aromatic carbocycles. The van der Waals surface area contributed by atoms with Gasteiger partial charge in [-0.1, -0.05) is 48.9 Å². The van der Waals surface area contributed by atoms with Crippen molar-refractivity contribution in [2.75, 3.05) is 13.2 Å². The van der Waals surface area contributed by atoms with Gasteiger partial charge in [-0.3, -0.25) is 14.6 Å². The van der Waals surface area contributed by atoms with E-state index in [1.807, 2.05) is 42.2 Å². The van der Waals surface area contributed by atoms with Gasteiger partial charge in [0.2, 0.25) is 5.91 Å². The van der Waals surface area contributed by atoms with Crippen molar-refractivity contribution in [1.29, 1.82) is 0 Å². The van der Waals surface area contributed by atoms with Gasteiger partial charge in [-0.2, -0.15) is 0 Å². The van der Waals surface area contributed by atoms with Gasteiger partial charge in [-0.05, 0) is 53.8 Å². The van der Waals surface area contributed by atoms with Gasteiger partial charge in [0.1, 0.15) is 5.75 Å². The number of ether oxygens (including phenoxy) is 1. The van der Waals surface area contributed by atoms with Gasteiger partial charge in [-0.25, -0.2) is 0 Å². The van der Waals surface area contributed by atoms with Crippen molar-refractivity contribution in [3.8, 4) is 5.75 Å². The van der Waals surface area contributed by atoms with Crippen LogP contribution in [0.15, 0.2) is 67.0 Å². The zero-order valence-electron chi connectivity index (χ0n) is 19.1. The van der Waals surface area contributed by atoms with Crippen molar-refractivity contribution in [2.24, 2.45) is 0 Å². The number of carbonyl (C=O) groups excluding carboxylic acids is 2. The quantitative estimate of drug-likeness (QED) is 0.600. The van der Waals surface area contributed by atoms with Crippen LogP contribution in [0.5, 0.6) is 5.75 Å². The number of amides is 2. The van der Waals surface area contributed by atoms with Crippen LogP contribution in [0.3, 0.4) is 0 Å². The summed E-state index contributed by atoms with van der Waals surface area (Å²) in [6.45, 7) is 4.97. The number of hydrogen-bond acceptors (Lipinski definition) is 4. The molecule has 0 spiro atoms. The van der Waals surface area contributed by atoms with E-state index in [2.05, 4.69) is 41.5 Å². The number of carbonyl (C=O) groups is 2. The van der Waals surface area contributed by atoms with E-state index < -0.39 is 0 Å². The van der Waals surface area contributed by atoms with E-state index in [9.17, 15) is 9.59 Å². The Bertz CT molecular complexity index is 1110. The minimum Gasteiger partial charge on any atom is -0.484 e. The SMILES string of the molecule is CCC(=O)N1CCc2ccc(OCC(=O)NCc3cccnc3)cc2C1c1ccc(C)cc1. The molecule has 1 atom stereocenters. The Morgan fingerprint density at radius 2 is 1.97 bits per heavy atom. The Balaban J connectivity index is 1.51. The normalized spacial score (nSPS) is 15.0. The molecule has 1 aliphatic heterocycles. The summed E-state index contributed by atoms with van der Waals surface area (Å²) in [4.78, 5) is 31.0. The fraction of sp³-hybridized carbons (Fsp3) is 0.296. The maximum atomic E-state index is 12.8. The van der Waals surface area contributed by atoms with Gasteiger partial charge >= 0.3 is 0 Å². The van der Waals surface area contributed by atoms with Gasteiger partial charge < -0.3 is 15.0 Å². The zero-order valence-corrected chi connectivity index (χ0v) is 19.1. The van der Waals surface area contributed by atoms with Crippen LogP contribution < -0.4 is 10.1 Å². The Hall–Kier alpha value is -3.67. The number of nitrogens with zero attached hydrogens (tertiary/aromatic N) is 2. The molecular weight excluding hydrogens is 414 g/mol. The highest BCUT2D eigenvalue weighted by atomic mass is 16.5. The fourth-order valence-corrected chi connectivity index (χ4v) is 4.17. The van der Waals surface area contributed by atoms with Crippen molar-refractivity contribution in [2.45, 2.75) is 39.3 Å². The molecule has 0 aliphatic carbocycles. The predicted molar refractivity (Wildman–Crippen MR) is 127 cm³/mol. The Morgan fingerprint density at radius 3 is 2.70 bits per heavy atom. The molecule has 170 valence electrons. The number of fused-ring (bicyclic) bond motifs is 1. The number of benzene rings is 2. The molecule has 1 aromatic heterocycles. The van der Waals surface area contributed by atoms with Crippen LogP contribution in [0.25, 0.3) is 0 Å². The van der Waals surface area contributed by atoms with Crippen LogP contribution in [-0.4, -0.2) is 34.8 Å². The van der Waals surface area contributed by atoms with Crippen molar-refractivity contribution in [3.63, 3.8) is 0 Å². The standard InChI is InChI=1S/C27H29N3O3/c1-3-26(32)30-14-12-21-10-11-23(15-24(21)27(30)22-8-6-19(2)7-9-22)33-18-25(31)29-17-20-5-4-13-28-16-20/h4-11,13,15-16,27H,3,12,14,17-18H2,1-2H3,(H,29,31). The van der Waals surface area contributed by atoms with E-state index in [4.69, 9.17) is 4.74 Å². The van der Waals surface area contributed by atoms with Crippen molar-refractivity contribution in [3.05, 3.63) is 94.8 Å². The highest BCUT2D eigenvalue weighted by Gasteiger charge is 2.31. The summed E-state index contributed by atoms with van der Waals surface area (Å²) in [7, 11) is 0. The van der Waals surface area contributed by atoms with Crippen LogP contribution in [-0.2, 0) is 22.6 Å². The van der Waals surface area contributed by atoms with Gasteiger partial charge in [0.25, 0.3) is 5.91 Å². The summed E-state index contributed by atoms with van der Waals surface area (Å²) in [5, 5.41) is 2.84. The highest BCUT2D eigenvalue weighted by molar-refractivity contribution is 5.78. The minimum absolute atomic E-state index is 0.0775. The lowest BCUT2D eigenvalue weighted by molar-refractivity contribution is -0.133. The first-order chi connectivity index (χ1) is 16.0. The second-order valence-electron chi connectivity index (χ2n) is 8.29. The van der Waals surface area contributed by atoms with E-state index in [0.29, 0.717) is 25.3 Å². The van der Waals surface area contributed by atoms with Crippen molar-refractivity contribution < 1.29 is 14.3 Å². The van der Waals surface area contributed by atoms with Crippen LogP contribution in [0, 0.1) is 6.92 Å². The molecule has 0 saturated carbocycles. The molecule has 3 aromatic rings. The van der Waals surface area contributed by atoms with Crippen LogP contribution in [0.4, 0.5) is 0 Å². The first kappa shape index (κ1) is 22.5. The molecule has 0 radical (unpaired) electrons. The molecule has 1 N–H and O–H groups in total. The molecule has 33 heavy (non-hydrogen) atoms. The third kappa shape index (κ3) is 5.40. The van der Waals surface area contributed by atoms with Gasteiger partial charge in [0.15, 0.2) is 6.61 Å². The smallest absolute Gasteiger partial charge is 0.258 e. The summed E-state index contributed by atoms with van der Waals surface area (Å²) in [5.74, 6) is 0.551. The number of hydrogen-bond donors (Lipinski definition) is 1. The summed E-state index contributed by atoms with van der Waals surface area (Å²) >= 11 is 0. The number of nitrogens with one attached hydrogen (secondary N) is 1. The predicted octanol–water partition coefficient (Wildman–Crippen LogP) is 3.97. The lowest BCUT2D eigenvalue weighted by Gasteiger charge is -2.38. The Morgan fingerprint density at radius 1 is 1.15 bits per heavy atom. The van der Waals surface area contributed by atoms with Crippen molar-refractivity contribution >= 4 is 11.8 Å². The Labute approximate surface area is 194 Å². The molecule has 4 rings (SSSR count). The molecule has 1 unspecified atom stereocenters. The number of pyridine rings is 1. The van der Waals surface area contributed by atoms with E-state index in [1.54, 1.807) is 12.4 Å². The average Bonchev–Trinajstić information content (AvgIpc) is 2.86. The maximum Gasteiger partial charge on any atom is 0.258 e. The van der Waals surface area contributed by atoms with E-state index >= 15 is 0 Å². The second kappa shape index (κ2) is 10.3. The molecule has 0 fully saturated rings. The first-order valence-electron chi connectivity index (χ1n) is 11.3. The van der Waals surface area contributed by atoms with Gasteiger partial charge in [-0.15, -0.1) is 0 Å². The highest BCUT2D eigenvalue weighted by Crippen LogP contribution is 2.37. The molecule has 6 heteroatoms. The summed E-state index contributed by atoms with van der Waals surface area (Å²) in [6.07, 6.45) is 4.68. The van der Waals surface area contributed by atoms with Crippen LogP contribution >= 0.6 is 0 Å². The summed E-state index contributed by atoms with van der Waals surface area (Å²) in [5.41, 5.74) is 5.45. The number of rotatable bonds is 7. The van der Waals surface area contributed by atoms with Crippen molar-refractivity contribution in [1.82, 2.24) is 15.2 Å². The summed E-state index contributed by atoms with van der Waals surface area (Å²) in [6, 6.07) is 17.8. The zero-order chi connectivity index (χ0) is 23.2. The lowest BCUT2D eigenvalue weighted by Crippen LogP contribution is -2.40. The van der Waals surface area contributed by atoms with Gasteiger partial charge in [0, 0.05) is 31.9 Å².